The number of carbonyl (C=O) groups is 1. The molecule has 0 aliphatic carbocycles. The summed E-state index contributed by atoms with van der Waals surface area (Å²) in [7, 11) is 0. The average molecular weight is 405 g/mol. The second-order valence-corrected chi connectivity index (χ2v) is 7.30. The second-order valence-electron chi connectivity index (χ2n) is 6.86. The Balaban J connectivity index is 1.65. The van der Waals surface area contributed by atoms with Crippen molar-refractivity contribution in [3.63, 3.8) is 0 Å². The molecule has 6 heteroatoms. The predicted octanol–water partition coefficient (Wildman–Crippen LogP) is 5.64. The number of rotatable bonds is 6. The highest BCUT2D eigenvalue weighted by Crippen LogP contribution is 2.26. The van der Waals surface area contributed by atoms with Crippen molar-refractivity contribution in [1.82, 2.24) is 14.6 Å². The molecule has 4 rings (SSSR count). The summed E-state index contributed by atoms with van der Waals surface area (Å²) in [5.41, 5.74) is 4.64. The molecule has 0 radical (unpaired) electrons. The van der Waals surface area contributed by atoms with Crippen LogP contribution in [0, 0.1) is 0 Å². The van der Waals surface area contributed by atoms with Crippen LogP contribution < -0.4 is 5.32 Å². The molecule has 1 amide bonds. The molecule has 2 heterocycles. The van der Waals surface area contributed by atoms with Gasteiger partial charge in [-0.2, -0.15) is 5.10 Å². The van der Waals surface area contributed by atoms with Gasteiger partial charge in [0.05, 0.1) is 6.20 Å². The summed E-state index contributed by atoms with van der Waals surface area (Å²) in [5.74, 6) is -0.241. The van der Waals surface area contributed by atoms with Gasteiger partial charge in [-0.25, -0.2) is 9.50 Å². The van der Waals surface area contributed by atoms with E-state index in [0.717, 1.165) is 41.6 Å². The summed E-state index contributed by atoms with van der Waals surface area (Å²) in [6, 6.07) is 17.1. The Labute approximate surface area is 174 Å². The van der Waals surface area contributed by atoms with Crippen molar-refractivity contribution in [2.24, 2.45) is 0 Å². The van der Waals surface area contributed by atoms with Crippen molar-refractivity contribution >= 4 is 28.8 Å². The Morgan fingerprint density at radius 3 is 2.83 bits per heavy atom. The molecule has 4 aromatic rings. The highest BCUT2D eigenvalue weighted by Gasteiger charge is 2.14. The van der Waals surface area contributed by atoms with Gasteiger partial charge in [0.1, 0.15) is 5.69 Å². The van der Waals surface area contributed by atoms with Crippen LogP contribution in [0.4, 0.5) is 5.69 Å². The molecule has 2 aromatic heterocycles. The zero-order valence-corrected chi connectivity index (χ0v) is 16.9. The first-order chi connectivity index (χ1) is 14.2. The Bertz CT molecular complexity index is 1170. The molecule has 0 unspecified atom stereocenters. The third-order valence-electron chi connectivity index (χ3n) is 4.80. The number of carbonyl (C=O) groups excluding carboxylic acids is 1. The molecule has 0 saturated carbocycles. The van der Waals surface area contributed by atoms with E-state index in [1.54, 1.807) is 23.0 Å². The lowest BCUT2D eigenvalue weighted by atomic mass is 10.1. The van der Waals surface area contributed by atoms with Gasteiger partial charge in [-0.05, 0) is 48.2 Å². The van der Waals surface area contributed by atoms with Crippen LogP contribution in [0.5, 0.6) is 0 Å². The van der Waals surface area contributed by atoms with Crippen LogP contribution in [0.2, 0.25) is 5.02 Å². The number of nitrogens with one attached hydrogen (secondary N) is 1. The molecule has 0 fully saturated rings. The lowest BCUT2D eigenvalue weighted by molar-refractivity contribution is 0.102. The van der Waals surface area contributed by atoms with Crippen molar-refractivity contribution in [2.45, 2.75) is 26.2 Å². The van der Waals surface area contributed by atoms with E-state index in [1.807, 2.05) is 42.5 Å². The summed E-state index contributed by atoms with van der Waals surface area (Å²) in [6.07, 6.45) is 6.59. The smallest absolute Gasteiger partial charge is 0.274 e. The Kier molecular flexibility index (Phi) is 5.58. The second kappa shape index (κ2) is 8.45. The summed E-state index contributed by atoms with van der Waals surface area (Å²) in [4.78, 5) is 17.5. The number of para-hydroxylation sites is 1. The Morgan fingerprint density at radius 2 is 2.00 bits per heavy atom. The van der Waals surface area contributed by atoms with E-state index < -0.39 is 0 Å². The number of amides is 1. The maximum absolute atomic E-state index is 12.9. The van der Waals surface area contributed by atoms with E-state index in [9.17, 15) is 4.79 Å². The van der Waals surface area contributed by atoms with Crippen LogP contribution in [0.1, 0.15) is 35.8 Å². The normalized spacial score (nSPS) is 11.0. The molecular weight excluding hydrogens is 384 g/mol. The zero-order valence-electron chi connectivity index (χ0n) is 16.1. The quantitative estimate of drug-likeness (QED) is 0.452. The van der Waals surface area contributed by atoms with Crippen molar-refractivity contribution in [2.75, 3.05) is 5.32 Å². The van der Waals surface area contributed by atoms with Crippen LogP contribution in [-0.4, -0.2) is 20.5 Å². The van der Waals surface area contributed by atoms with E-state index in [0.29, 0.717) is 16.4 Å². The number of halogens is 1. The lowest BCUT2D eigenvalue weighted by Crippen LogP contribution is -2.15. The zero-order chi connectivity index (χ0) is 20.2. The molecule has 0 saturated heterocycles. The van der Waals surface area contributed by atoms with Crippen molar-refractivity contribution < 1.29 is 4.79 Å². The molecular formula is C23H21ClN4O. The molecule has 146 valence electrons. The minimum Gasteiger partial charge on any atom is -0.320 e. The first kappa shape index (κ1) is 19.2. The van der Waals surface area contributed by atoms with Crippen LogP contribution in [0.3, 0.4) is 0 Å². The molecule has 0 aliphatic rings. The Hall–Kier alpha value is -3.18. The molecule has 0 atom stereocenters. The first-order valence-electron chi connectivity index (χ1n) is 9.65. The SMILES string of the molecule is CCCCc1ccccc1NC(=O)c1ccn2ncc(-c3cccc(Cl)c3)c2n1. The summed E-state index contributed by atoms with van der Waals surface area (Å²) < 4.78 is 1.65. The molecule has 0 aliphatic heterocycles. The van der Waals surface area contributed by atoms with Gasteiger partial charge in [0.15, 0.2) is 5.65 Å². The van der Waals surface area contributed by atoms with E-state index in [4.69, 9.17) is 11.6 Å². The number of aryl methyl sites for hydroxylation is 1. The topological polar surface area (TPSA) is 59.3 Å². The van der Waals surface area contributed by atoms with Crippen LogP contribution in [0.25, 0.3) is 16.8 Å². The monoisotopic (exact) mass is 404 g/mol. The fourth-order valence-electron chi connectivity index (χ4n) is 3.27. The van der Waals surface area contributed by atoms with Gasteiger partial charge < -0.3 is 5.32 Å². The van der Waals surface area contributed by atoms with Gasteiger partial charge in [-0.15, -0.1) is 0 Å². The number of hydrogen-bond acceptors (Lipinski definition) is 3. The number of anilines is 1. The third-order valence-corrected chi connectivity index (χ3v) is 5.04. The number of aromatic nitrogens is 3. The van der Waals surface area contributed by atoms with Crippen molar-refractivity contribution in [1.29, 1.82) is 0 Å². The highest BCUT2D eigenvalue weighted by molar-refractivity contribution is 6.30. The summed E-state index contributed by atoms with van der Waals surface area (Å²) in [6.45, 7) is 2.16. The van der Waals surface area contributed by atoms with Gasteiger partial charge in [-0.1, -0.05) is 55.3 Å². The fourth-order valence-corrected chi connectivity index (χ4v) is 3.46. The number of unbranched alkanes of at least 4 members (excludes halogenated alkanes) is 1. The minimum absolute atomic E-state index is 0.241. The van der Waals surface area contributed by atoms with Gasteiger partial charge >= 0.3 is 0 Å². The fraction of sp³-hybridized carbons (Fsp3) is 0.174. The molecule has 1 N–H and O–H groups in total. The van der Waals surface area contributed by atoms with Gasteiger partial charge in [0, 0.05) is 22.5 Å². The van der Waals surface area contributed by atoms with Gasteiger partial charge in [0.2, 0.25) is 0 Å². The van der Waals surface area contributed by atoms with Gasteiger partial charge in [-0.3, -0.25) is 4.79 Å². The number of fused-ring (bicyclic) bond motifs is 1. The maximum Gasteiger partial charge on any atom is 0.274 e. The van der Waals surface area contributed by atoms with Crippen LogP contribution in [-0.2, 0) is 6.42 Å². The summed E-state index contributed by atoms with van der Waals surface area (Å²) in [5, 5.41) is 7.98. The standard InChI is InChI=1S/C23H21ClN4O/c1-2-3-7-16-8-4-5-11-20(16)27-23(29)21-12-13-28-22(26-21)19(15-25-28)17-9-6-10-18(24)14-17/h4-6,8-15H,2-3,7H2,1H3,(H,27,29). The first-order valence-corrected chi connectivity index (χ1v) is 10.0. The number of benzene rings is 2. The lowest BCUT2D eigenvalue weighted by Gasteiger charge is -2.10. The van der Waals surface area contributed by atoms with E-state index in [2.05, 4.69) is 28.4 Å². The molecule has 2 aromatic carbocycles. The van der Waals surface area contributed by atoms with E-state index in [1.165, 1.54) is 0 Å². The number of nitrogens with zero attached hydrogens (tertiary/aromatic N) is 3. The minimum atomic E-state index is -0.241. The maximum atomic E-state index is 12.9. The van der Waals surface area contributed by atoms with Crippen molar-refractivity contribution in [3.05, 3.63) is 83.3 Å². The van der Waals surface area contributed by atoms with E-state index in [-0.39, 0.29) is 5.91 Å². The van der Waals surface area contributed by atoms with Gasteiger partial charge in [0.25, 0.3) is 5.91 Å². The Morgan fingerprint density at radius 1 is 1.14 bits per heavy atom. The van der Waals surface area contributed by atoms with Crippen LogP contribution >= 0.6 is 11.6 Å². The molecule has 29 heavy (non-hydrogen) atoms. The average Bonchev–Trinajstić information content (AvgIpc) is 3.16. The highest BCUT2D eigenvalue weighted by atomic mass is 35.5. The van der Waals surface area contributed by atoms with Crippen LogP contribution in [0.15, 0.2) is 67.0 Å². The largest absolute Gasteiger partial charge is 0.320 e. The number of hydrogen-bond donors (Lipinski definition) is 1. The van der Waals surface area contributed by atoms with Crippen molar-refractivity contribution in [3.8, 4) is 11.1 Å². The molecule has 0 spiro atoms. The van der Waals surface area contributed by atoms with E-state index >= 15 is 0 Å². The molecule has 5 nitrogen and oxygen atoms in total. The molecule has 0 bridgehead atoms. The third kappa shape index (κ3) is 4.15. The summed E-state index contributed by atoms with van der Waals surface area (Å²) >= 11 is 6.12. The predicted molar refractivity (Wildman–Crippen MR) is 116 cm³/mol.